The minimum absolute atomic E-state index is 0.0128. The molecule has 1 aromatic rings. The van der Waals surface area contributed by atoms with E-state index in [-0.39, 0.29) is 23.7 Å². The minimum Gasteiger partial charge on any atom is -0.356 e. The van der Waals surface area contributed by atoms with Crippen LogP contribution in [0.15, 0.2) is 28.7 Å². The maximum Gasteiger partial charge on any atom is 0.227 e. The molecule has 0 heterocycles. The summed E-state index contributed by atoms with van der Waals surface area (Å²) in [7, 11) is 0. The van der Waals surface area contributed by atoms with Crippen molar-refractivity contribution in [3.8, 4) is 0 Å². The third-order valence-electron chi connectivity index (χ3n) is 4.13. The highest BCUT2D eigenvalue weighted by Crippen LogP contribution is 2.30. The molecule has 2 rings (SSSR count). The maximum atomic E-state index is 12.3. The molecular weight excluding hydrogens is 344 g/mol. The lowest BCUT2D eigenvalue weighted by molar-refractivity contribution is -0.128. The van der Waals surface area contributed by atoms with Gasteiger partial charge in [-0.3, -0.25) is 9.59 Å². The normalized spacial score (nSPS) is 21.2. The van der Waals surface area contributed by atoms with Crippen molar-refractivity contribution < 1.29 is 9.59 Å². The zero-order valence-corrected chi connectivity index (χ0v) is 14.5. The minimum atomic E-state index is 0.0128. The summed E-state index contributed by atoms with van der Waals surface area (Å²) in [4.78, 5) is 24.2. The molecule has 0 aliphatic heterocycles. The lowest BCUT2D eigenvalue weighted by Crippen LogP contribution is -2.35. The van der Waals surface area contributed by atoms with Crippen LogP contribution in [-0.4, -0.2) is 18.4 Å². The Morgan fingerprint density at radius 1 is 1.05 bits per heavy atom. The number of carbonyl (C=O) groups is 2. The van der Waals surface area contributed by atoms with Gasteiger partial charge in [-0.25, -0.2) is 0 Å². The first-order chi connectivity index (χ1) is 10.6. The van der Waals surface area contributed by atoms with Crippen LogP contribution in [0.5, 0.6) is 0 Å². The second-order valence-electron chi connectivity index (χ2n) is 5.84. The van der Waals surface area contributed by atoms with Crippen molar-refractivity contribution in [2.24, 2.45) is 11.8 Å². The molecule has 1 aromatic carbocycles. The summed E-state index contributed by atoms with van der Waals surface area (Å²) in [5.74, 6) is 0.297. The van der Waals surface area contributed by atoms with Crippen LogP contribution in [0.1, 0.15) is 39.0 Å². The van der Waals surface area contributed by atoms with Gasteiger partial charge in [0.2, 0.25) is 11.8 Å². The SMILES string of the molecule is CCCNC(=O)C1CCC(C(=O)Nc2ccc(Br)cc2)CC1. The molecule has 1 aliphatic carbocycles. The molecule has 0 aromatic heterocycles. The second-order valence-corrected chi connectivity index (χ2v) is 6.75. The van der Waals surface area contributed by atoms with Crippen LogP contribution in [0.3, 0.4) is 0 Å². The molecule has 0 radical (unpaired) electrons. The fourth-order valence-electron chi connectivity index (χ4n) is 2.79. The van der Waals surface area contributed by atoms with E-state index in [9.17, 15) is 9.59 Å². The lowest BCUT2D eigenvalue weighted by Gasteiger charge is -2.27. The molecule has 5 heteroatoms. The number of benzene rings is 1. The van der Waals surface area contributed by atoms with Gasteiger partial charge in [0.05, 0.1) is 0 Å². The average Bonchev–Trinajstić information content (AvgIpc) is 2.55. The van der Waals surface area contributed by atoms with Gasteiger partial charge in [-0.1, -0.05) is 22.9 Å². The van der Waals surface area contributed by atoms with Gasteiger partial charge < -0.3 is 10.6 Å². The van der Waals surface area contributed by atoms with Gasteiger partial charge in [0.25, 0.3) is 0 Å². The van der Waals surface area contributed by atoms with E-state index in [1.54, 1.807) is 0 Å². The molecule has 0 spiro atoms. The first-order valence-corrected chi connectivity index (χ1v) is 8.73. The van der Waals surface area contributed by atoms with E-state index in [1.807, 2.05) is 31.2 Å². The van der Waals surface area contributed by atoms with Crippen LogP contribution in [0.2, 0.25) is 0 Å². The summed E-state index contributed by atoms with van der Waals surface area (Å²) in [5.41, 5.74) is 0.816. The van der Waals surface area contributed by atoms with Crippen molar-refractivity contribution in [2.45, 2.75) is 39.0 Å². The molecule has 2 amide bonds. The predicted octanol–water partition coefficient (Wildman–Crippen LogP) is 3.72. The predicted molar refractivity (Wildman–Crippen MR) is 91.5 cm³/mol. The third-order valence-corrected chi connectivity index (χ3v) is 4.66. The van der Waals surface area contributed by atoms with Crippen molar-refractivity contribution in [1.29, 1.82) is 0 Å². The standard InChI is InChI=1S/C17H23BrN2O2/c1-2-11-19-16(21)12-3-5-13(6-4-12)17(22)20-15-9-7-14(18)8-10-15/h7-10,12-13H,2-6,11H2,1H3,(H,19,21)(H,20,22). The smallest absolute Gasteiger partial charge is 0.227 e. The van der Waals surface area contributed by atoms with Gasteiger partial charge in [-0.2, -0.15) is 0 Å². The van der Waals surface area contributed by atoms with E-state index in [0.29, 0.717) is 0 Å². The molecule has 1 fully saturated rings. The Labute approximate surface area is 140 Å². The summed E-state index contributed by atoms with van der Waals surface area (Å²) < 4.78 is 0.990. The first kappa shape index (κ1) is 17.0. The van der Waals surface area contributed by atoms with Gasteiger partial charge in [-0.15, -0.1) is 0 Å². The van der Waals surface area contributed by atoms with Crippen molar-refractivity contribution >= 4 is 33.4 Å². The summed E-state index contributed by atoms with van der Waals surface area (Å²) in [6, 6.07) is 7.58. The Morgan fingerprint density at radius 3 is 2.14 bits per heavy atom. The molecule has 22 heavy (non-hydrogen) atoms. The van der Waals surface area contributed by atoms with E-state index >= 15 is 0 Å². The molecule has 0 saturated heterocycles. The molecule has 0 bridgehead atoms. The van der Waals surface area contributed by atoms with E-state index in [1.165, 1.54) is 0 Å². The number of carbonyl (C=O) groups excluding carboxylic acids is 2. The van der Waals surface area contributed by atoms with Crippen LogP contribution in [0.4, 0.5) is 5.69 Å². The highest BCUT2D eigenvalue weighted by molar-refractivity contribution is 9.10. The summed E-state index contributed by atoms with van der Waals surface area (Å²) in [6.45, 7) is 2.78. The Balaban J connectivity index is 1.79. The molecule has 4 nitrogen and oxygen atoms in total. The molecule has 120 valence electrons. The topological polar surface area (TPSA) is 58.2 Å². The number of halogens is 1. The number of amides is 2. The highest BCUT2D eigenvalue weighted by atomic mass is 79.9. The van der Waals surface area contributed by atoms with Gasteiger partial charge in [0, 0.05) is 28.5 Å². The lowest BCUT2D eigenvalue weighted by atomic mass is 9.81. The number of rotatable bonds is 5. The largest absolute Gasteiger partial charge is 0.356 e. The number of hydrogen-bond donors (Lipinski definition) is 2. The third kappa shape index (κ3) is 4.83. The Morgan fingerprint density at radius 2 is 1.59 bits per heavy atom. The quantitative estimate of drug-likeness (QED) is 0.833. The number of anilines is 1. The van der Waals surface area contributed by atoms with Crippen molar-refractivity contribution in [2.75, 3.05) is 11.9 Å². The van der Waals surface area contributed by atoms with Crippen molar-refractivity contribution in [3.63, 3.8) is 0 Å². The zero-order chi connectivity index (χ0) is 15.9. The van der Waals surface area contributed by atoms with E-state index < -0.39 is 0 Å². The van der Waals surface area contributed by atoms with Gasteiger partial charge >= 0.3 is 0 Å². The summed E-state index contributed by atoms with van der Waals surface area (Å²) in [6.07, 6.45) is 4.12. The fraction of sp³-hybridized carbons (Fsp3) is 0.529. The molecule has 1 aliphatic rings. The van der Waals surface area contributed by atoms with E-state index in [4.69, 9.17) is 0 Å². The van der Waals surface area contributed by atoms with Gasteiger partial charge in [0.1, 0.15) is 0 Å². The number of hydrogen-bond acceptors (Lipinski definition) is 2. The van der Waals surface area contributed by atoms with Crippen LogP contribution in [0.25, 0.3) is 0 Å². The molecule has 2 N–H and O–H groups in total. The second kappa shape index (κ2) is 8.32. The van der Waals surface area contributed by atoms with Crippen LogP contribution < -0.4 is 10.6 Å². The Bertz CT molecular complexity index is 508. The van der Waals surface area contributed by atoms with Gasteiger partial charge in [0.15, 0.2) is 0 Å². The van der Waals surface area contributed by atoms with Crippen molar-refractivity contribution in [1.82, 2.24) is 5.32 Å². The van der Waals surface area contributed by atoms with E-state index in [0.717, 1.165) is 48.8 Å². The monoisotopic (exact) mass is 366 g/mol. The zero-order valence-electron chi connectivity index (χ0n) is 12.9. The fourth-order valence-corrected chi connectivity index (χ4v) is 3.05. The first-order valence-electron chi connectivity index (χ1n) is 7.94. The van der Waals surface area contributed by atoms with Gasteiger partial charge in [-0.05, 0) is 56.4 Å². The highest BCUT2D eigenvalue weighted by Gasteiger charge is 2.29. The van der Waals surface area contributed by atoms with E-state index in [2.05, 4.69) is 26.6 Å². The van der Waals surface area contributed by atoms with Crippen LogP contribution in [-0.2, 0) is 9.59 Å². The summed E-state index contributed by atoms with van der Waals surface area (Å²) in [5, 5.41) is 5.90. The summed E-state index contributed by atoms with van der Waals surface area (Å²) >= 11 is 3.38. The number of nitrogens with one attached hydrogen (secondary N) is 2. The Hall–Kier alpha value is -1.36. The molecule has 0 atom stereocenters. The van der Waals surface area contributed by atoms with Crippen LogP contribution in [0, 0.1) is 11.8 Å². The molecule has 0 unspecified atom stereocenters. The van der Waals surface area contributed by atoms with Crippen LogP contribution >= 0.6 is 15.9 Å². The van der Waals surface area contributed by atoms with Crippen molar-refractivity contribution in [3.05, 3.63) is 28.7 Å². The average molecular weight is 367 g/mol. The maximum absolute atomic E-state index is 12.3. The Kier molecular flexibility index (Phi) is 6.43. The molecular formula is C17H23BrN2O2. The molecule has 1 saturated carbocycles.